The molecule has 1 fully saturated rings. The van der Waals surface area contributed by atoms with Crippen LogP contribution in [-0.4, -0.2) is 40.5 Å². The number of hydrogen-bond acceptors (Lipinski definition) is 3. The van der Waals surface area contributed by atoms with Crippen LogP contribution in [0.15, 0.2) is 42.6 Å². The molecule has 0 radical (unpaired) electrons. The van der Waals surface area contributed by atoms with Gasteiger partial charge in [-0.3, -0.25) is 4.90 Å². The van der Waals surface area contributed by atoms with E-state index >= 15 is 0 Å². The second-order valence-corrected chi connectivity index (χ2v) is 7.16. The fraction of sp³-hybridized carbons (Fsp3) is 0.316. The van der Waals surface area contributed by atoms with Gasteiger partial charge in [0.1, 0.15) is 5.65 Å². The third-order valence-corrected chi connectivity index (χ3v) is 5.37. The minimum atomic E-state index is 0.557. The largest absolute Gasteiger partial charge is 0.315 e. The zero-order valence-electron chi connectivity index (χ0n) is 13.9. The molecule has 1 aromatic carbocycles. The molecule has 0 aliphatic carbocycles. The SMILES string of the molecule is Clc1ccc(-c2nc3ccccn3c2CN2CCCNCC2)cc1Cl. The number of pyridine rings is 1. The molecule has 3 aromatic rings. The van der Waals surface area contributed by atoms with Crippen LogP contribution in [0.25, 0.3) is 16.9 Å². The van der Waals surface area contributed by atoms with E-state index in [1.165, 1.54) is 12.1 Å². The molecule has 1 saturated heterocycles. The predicted octanol–water partition coefficient (Wildman–Crippen LogP) is 4.10. The quantitative estimate of drug-likeness (QED) is 0.748. The summed E-state index contributed by atoms with van der Waals surface area (Å²) in [6.45, 7) is 5.11. The van der Waals surface area contributed by atoms with E-state index in [2.05, 4.69) is 20.8 Å². The molecule has 2 aromatic heterocycles. The number of benzene rings is 1. The molecule has 0 saturated carbocycles. The van der Waals surface area contributed by atoms with Crippen molar-refractivity contribution in [1.29, 1.82) is 0 Å². The van der Waals surface area contributed by atoms with E-state index in [1.54, 1.807) is 0 Å². The second kappa shape index (κ2) is 7.34. The first kappa shape index (κ1) is 16.9. The summed E-state index contributed by atoms with van der Waals surface area (Å²) in [4.78, 5) is 7.35. The third kappa shape index (κ3) is 3.53. The molecule has 0 spiro atoms. The van der Waals surface area contributed by atoms with Crippen LogP contribution in [0, 0.1) is 0 Å². The number of rotatable bonds is 3. The molecule has 1 aliphatic heterocycles. The molecular weight excluding hydrogens is 355 g/mol. The fourth-order valence-corrected chi connectivity index (χ4v) is 3.64. The summed E-state index contributed by atoms with van der Waals surface area (Å²) in [7, 11) is 0. The highest BCUT2D eigenvalue weighted by Crippen LogP contribution is 2.31. The van der Waals surface area contributed by atoms with Crippen LogP contribution in [0.1, 0.15) is 12.1 Å². The van der Waals surface area contributed by atoms with Crippen molar-refractivity contribution in [1.82, 2.24) is 19.6 Å². The molecule has 25 heavy (non-hydrogen) atoms. The first-order valence-corrected chi connectivity index (χ1v) is 9.32. The standard InChI is InChI=1S/C19H20Cl2N4/c20-15-6-5-14(12-16(15)21)19-17(13-24-9-3-7-22-8-11-24)25-10-2-1-4-18(25)23-19/h1-2,4-6,10,12,22H,3,7-9,11,13H2. The highest BCUT2D eigenvalue weighted by molar-refractivity contribution is 6.42. The lowest BCUT2D eigenvalue weighted by atomic mass is 10.1. The van der Waals surface area contributed by atoms with Gasteiger partial charge in [0.15, 0.2) is 0 Å². The first-order chi connectivity index (χ1) is 12.2. The summed E-state index contributed by atoms with van der Waals surface area (Å²) >= 11 is 12.3. The van der Waals surface area contributed by atoms with Gasteiger partial charge in [0.2, 0.25) is 0 Å². The van der Waals surface area contributed by atoms with Crippen LogP contribution < -0.4 is 5.32 Å². The zero-order valence-corrected chi connectivity index (χ0v) is 15.4. The Morgan fingerprint density at radius 3 is 2.84 bits per heavy atom. The topological polar surface area (TPSA) is 32.6 Å². The normalized spacial score (nSPS) is 16.2. The second-order valence-electron chi connectivity index (χ2n) is 6.34. The van der Waals surface area contributed by atoms with Gasteiger partial charge in [-0.05, 0) is 43.8 Å². The van der Waals surface area contributed by atoms with Crippen LogP contribution in [0.4, 0.5) is 0 Å². The van der Waals surface area contributed by atoms with Crippen LogP contribution in [-0.2, 0) is 6.54 Å². The molecule has 0 amide bonds. The average Bonchev–Trinajstić information content (AvgIpc) is 2.79. The van der Waals surface area contributed by atoms with Gasteiger partial charge >= 0.3 is 0 Å². The van der Waals surface area contributed by atoms with E-state index < -0.39 is 0 Å². The van der Waals surface area contributed by atoms with Crippen LogP contribution in [0.5, 0.6) is 0 Å². The van der Waals surface area contributed by atoms with Gasteiger partial charge in [0.05, 0.1) is 21.4 Å². The monoisotopic (exact) mass is 374 g/mol. The lowest BCUT2D eigenvalue weighted by molar-refractivity contribution is 0.281. The Bertz CT molecular complexity index is 882. The first-order valence-electron chi connectivity index (χ1n) is 8.57. The van der Waals surface area contributed by atoms with Gasteiger partial charge in [0.25, 0.3) is 0 Å². The maximum absolute atomic E-state index is 6.24. The molecule has 4 rings (SSSR count). The van der Waals surface area contributed by atoms with Crippen molar-refractivity contribution in [3.8, 4) is 11.3 Å². The van der Waals surface area contributed by atoms with Gasteiger partial charge < -0.3 is 9.72 Å². The summed E-state index contributed by atoms with van der Waals surface area (Å²) in [6, 6.07) is 11.8. The van der Waals surface area contributed by atoms with Gasteiger partial charge in [-0.2, -0.15) is 0 Å². The number of nitrogens with one attached hydrogen (secondary N) is 1. The van der Waals surface area contributed by atoms with E-state index in [4.69, 9.17) is 28.2 Å². The number of hydrogen-bond donors (Lipinski definition) is 1. The highest BCUT2D eigenvalue weighted by atomic mass is 35.5. The van der Waals surface area contributed by atoms with E-state index in [0.29, 0.717) is 10.0 Å². The predicted molar refractivity (Wildman–Crippen MR) is 103 cm³/mol. The number of imidazole rings is 1. The van der Waals surface area contributed by atoms with Gasteiger partial charge in [0, 0.05) is 31.4 Å². The third-order valence-electron chi connectivity index (χ3n) is 4.63. The molecule has 1 N–H and O–H groups in total. The van der Waals surface area contributed by atoms with E-state index in [9.17, 15) is 0 Å². The molecule has 0 unspecified atom stereocenters. The Labute approximate surface area is 157 Å². The summed E-state index contributed by atoms with van der Waals surface area (Å²) in [5.74, 6) is 0. The summed E-state index contributed by atoms with van der Waals surface area (Å²) in [6.07, 6.45) is 3.24. The van der Waals surface area contributed by atoms with Crippen molar-refractivity contribution < 1.29 is 0 Å². The average molecular weight is 375 g/mol. The van der Waals surface area contributed by atoms with Crippen molar-refractivity contribution in [3.05, 3.63) is 58.3 Å². The number of aromatic nitrogens is 2. The molecule has 1 aliphatic rings. The summed E-state index contributed by atoms with van der Waals surface area (Å²) in [5, 5.41) is 4.58. The van der Waals surface area contributed by atoms with Gasteiger partial charge in [-0.15, -0.1) is 0 Å². The minimum Gasteiger partial charge on any atom is -0.315 e. The van der Waals surface area contributed by atoms with E-state index in [0.717, 1.165) is 49.6 Å². The Kier molecular flexibility index (Phi) is 4.95. The lowest BCUT2D eigenvalue weighted by Gasteiger charge is -2.20. The maximum atomic E-state index is 6.24. The number of nitrogens with zero attached hydrogens (tertiary/aromatic N) is 3. The van der Waals surface area contributed by atoms with E-state index in [1.807, 2.05) is 36.4 Å². The van der Waals surface area contributed by atoms with Crippen molar-refractivity contribution in [2.45, 2.75) is 13.0 Å². The van der Waals surface area contributed by atoms with Gasteiger partial charge in [-0.25, -0.2) is 4.98 Å². The molecule has 6 heteroatoms. The van der Waals surface area contributed by atoms with Crippen molar-refractivity contribution >= 4 is 28.8 Å². The summed E-state index contributed by atoms with van der Waals surface area (Å²) in [5.41, 5.74) is 4.12. The minimum absolute atomic E-state index is 0.557. The van der Waals surface area contributed by atoms with Crippen molar-refractivity contribution in [2.75, 3.05) is 26.2 Å². The zero-order chi connectivity index (χ0) is 17.2. The van der Waals surface area contributed by atoms with Crippen molar-refractivity contribution in [2.24, 2.45) is 0 Å². The Balaban J connectivity index is 1.78. The lowest BCUT2D eigenvalue weighted by Crippen LogP contribution is -2.28. The Morgan fingerprint density at radius 1 is 1.04 bits per heavy atom. The molecule has 4 nitrogen and oxygen atoms in total. The molecule has 130 valence electrons. The Morgan fingerprint density at radius 2 is 1.96 bits per heavy atom. The Hall–Kier alpha value is -1.59. The van der Waals surface area contributed by atoms with Crippen LogP contribution in [0.3, 0.4) is 0 Å². The van der Waals surface area contributed by atoms with Crippen molar-refractivity contribution in [3.63, 3.8) is 0 Å². The smallest absolute Gasteiger partial charge is 0.137 e. The summed E-state index contributed by atoms with van der Waals surface area (Å²) < 4.78 is 2.18. The molecule has 0 atom stereocenters. The van der Waals surface area contributed by atoms with Gasteiger partial charge in [-0.1, -0.05) is 35.3 Å². The maximum Gasteiger partial charge on any atom is 0.137 e. The molecule has 3 heterocycles. The van der Waals surface area contributed by atoms with Crippen LogP contribution >= 0.6 is 23.2 Å². The molecular formula is C19H20Cl2N4. The molecule has 0 bridgehead atoms. The fourth-order valence-electron chi connectivity index (χ4n) is 3.34. The number of fused-ring (bicyclic) bond motifs is 1. The van der Waals surface area contributed by atoms with E-state index in [-0.39, 0.29) is 0 Å². The highest BCUT2D eigenvalue weighted by Gasteiger charge is 2.18. The van der Waals surface area contributed by atoms with Crippen LogP contribution in [0.2, 0.25) is 10.0 Å². The number of halogens is 2.